The molecule has 0 saturated carbocycles. The van der Waals surface area contributed by atoms with Crippen molar-refractivity contribution in [2.24, 2.45) is 5.92 Å². The second kappa shape index (κ2) is 7.25. The highest BCUT2D eigenvalue weighted by Crippen LogP contribution is 2.20. The van der Waals surface area contributed by atoms with E-state index in [1.54, 1.807) is 11.9 Å². The van der Waals surface area contributed by atoms with E-state index in [0.29, 0.717) is 25.2 Å². The van der Waals surface area contributed by atoms with Crippen LogP contribution in [0.5, 0.6) is 0 Å². The molecule has 7 heteroatoms. The van der Waals surface area contributed by atoms with E-state index in [0.717, 1.165) is 23.5 Å². The molecule has 24 heavy (non-hydrogen) atoms. The summed E-state index contributed by atoms with van der Waals surface area (Å²) in [5.74, 6) is 0.815. The summed E-state index contributed by atoms with van der Waals surface area (Å²) in [4.78, 5) is 14.0. The Morgan fingerprint density at radius 3 is 2.58 bits per heavy atom. The Morgan fingerprint density at radius 1 is 1.38 bits per heavy atom. The summed E-state index contributed by atoms with van der Waals surface area (Å²) in [6.45, 7) is 9.22. The van der Waals surface area contributed by atoms with E-state index < -0.39 is 9.84 Å². The van der Waals surface area contributed by atoms with Gasteiger partial charge in [-0.1, -0.05) is 13.8 Å². The van der Waals surface area contributed by atoms with Crippen molar-refractivity contribution in [3.63, 3.8) is 0 Å². The molecular formula is C17H29N3O3S. The molecule has 6 nitrogen and oxygen atoms in total. The Morgan fingerprint density at radius 2 is 2.04 bits per heavy atom. The van der Waals surface area contributed by atoms with Crippen molar-refractivity contribution < 1.29 is 13.2 Å². The highest BCUT2D eigenvalue weighted by atomic mass is 32.2. The zero-order valence-corrected chi connectivity index (χ0v) is 16.2. The molecule has 1 unspecified atom stereocenters. The fraction of sp³-hybridized carbons (Fsp3) is 0.765. The van der Waals surface area contributed by atoms with Gasteiger partial charge in [-0.15, -0.1) is 0 Å². The number of hydrogen-bond donors (Lipinski definition) is 0. The van der Waals surface area contributed by atoms with Crippen molar-refractivity contribution in [1.82, 2.24) is 14.7 Å². The van der Waals surface area contributed by atoms with Crippen LogP contribution in [0.4, 0.5) is 0 Å². The molecule has 1 aromatic rings. The van der Waals surface area contributed by atoms with Crippen LogP contribution in [0.25, 0.3) is 0 Å². The van der Waals surface area contributed by atoms with Gasteiger partial charge < -0.3 is 4.90 Å². The van der Waals surface area contributed by atoms with Gasteiger partial charge in [0.15, 0.2) is 9.84 Å². The largest absolute Gasteiger partial charge is 0.342 e. The van der Waals surface area contributed by atoms with Gasteiger partial charge in [-0.25, -0.2) is 8.42 Å². The Kier molecular flexibility index (Phi) is 5.73. The molecule has 0 radical (unpaired) electrons. The first kappa shape index (κ1) is 19.0. The zero-order valence-electron chi connectivity index (χ0n) is 15.4. The average Bonchev–Trinajstić information content (AvgIpc) is 2.96. The third kappa shape index (κ3) is 4.37. The monoisotopic (exact) mass is 355 g/mol. The number of carbonyl (C=O) groups excluding carboxylic acids is 1. The normalized spacial score (nSPS) is 19.8. The van der Waals surface area contributed by atoms with Gasteiger partial charge in [0.25, 0.3) is 0 Å². The molecular weight excluding hydrogens is 326 g/mol. The third-order valence-electron chi connectivity index (χ3n) is 4.81. The second-order valence-electron chi connectivity index (χ2n) is 7.29. The molecule has 1 amide bonds. The van der Waals surface area contributed by atoms with Crippen LogP contribution in [-0.2, 0) is 27.6 Å². The maximum Gasteiger partial charge on any atom is 0.222 e. The van der Waals surface area contributed by atoms with Crippen LogP contribution in [0.15, 0.2) is 0 Å². The quantitative estimate of drug-likeness (QED) is 0.779. The Balaban J connectivity index is 1.98. The number of hydrogen-bond acceptors (Lipinski definition) is 4. The van der Waals surface area contributed by atoms with Crippen LogP contribution >= 0.6 is 0 Å². The fourth-order valence-corrected chi connectivity index (χ4v) is 5.09. The van der Waals surface area contributed by atoms with Crippen molar-refractivity contribution >= 4 is 15.7 Å². The van der Waals surface area contributed by atoms with E-state index in [9.17, 15) is 13.2 Å². The van der Waals surface area contributed by atoms with Crippen LogP contribution in [0.3, 0.4) is 0 Å². The maximum absolute atomic E-state index is 12.4. The molecule has 1 aromatic heterocycles. The molecule has 1 saturated heterocycles. The van der Waals surface area contributed by atoms with Crippen molar-refractivity contribution in [3.8, 4) is 0 Å². The molecule has 0 N–H and O–H groups in total. The predicted molar refractivity (Wildman–Crippen MR) is 94.7 cm³/mol. The lowest BCUT2D eigenvalue weighted by Gasteiger charge is -2.23. The van der Waals surface area contributed by atoms with Crippen LogP contribution in [0.1, 0.15) is 43.6 Å². The highest BCUT2D eigenvalue weighted by Gasteiger charge is 2.32. The number of aromatic nitrogens is 2. The summed E-state index contributed by atoms with van der Waals surface area (Å²) < 4.78 is 25.2. The summed E-state index contributed by atoms with van der Waals surface area (Å²) >= 11 is 0. The molecule has 136 valence electrons. The summed E-state index contributed by atoms with van der Waals surface area (Å²) in [6.07, 6.45) is 1.59. The maximum atomic E-state index is 12.4. The highest BCUT2D eigenvalue weighted by molar-refractivity contribution is 7.91. The van der Waals surface area contributed by atoms with Gasteiger partial charge in [0, 0.05) is 31.7 Å². The van der Waals surface area contributed by atoms with Crippen LogP contribution in [0, 0.1) is 19.8 Å². The van der Waals surface area contributed by atoms with Gasteiger partial charge in [-0.3, -0.25) is 9.48 Å². The average molecular weight is 356 g/mol. The van der Waals surface area contributed by atoms with Gasteiger partial charge in [0.2, 0.25) is 5.91 Å². The summed E-state index contributed by atoms with van der Waals surface area (Å²) in [5, 5.41) is 4.58. The molecule has 2 rings (SSSR count). The van der Waals surface area contributed by atoms with Crippen molar-refractivity contribution in [3.05, 3.63) is 17.0 Å². The van der Waals surface area contributed by atoms with E-state index in [1.165, 1.54) is 0 Å². The standard InChI is InChI=1S/C17H29N3O3S/c1-12(2)10-20-14(4)16(13(3)18-20)6-7-17(21)19(5)15-8-9-24(22,23)11-15/h12,15H,6-11H2,1-5H3. The van der Waals surface area contributed by atoms with Crippen molar-refractivity contribution in [1.29, 1.82) is 0 Å². The molecule has 1 aliphatic rings. The lowest BCUT2D eigenvalue weighted by molar-refractivity contribution is -0.131. The minimum absolute atomic E-state index is 0.00695. The zero-order chi connectivity index (χ0) is 18.1. The Hall–Kier alpha value is -1.37. The number of amides is 1. The predicted octanol–water partition coefficient (Wildman–Crippen LogP) is 1.73. The van der Waals surface area contributed by atoms with E-state index in [4.69, 9.17) is 0 Å². The molecule has 1 atom stereocenters. The topological polar surface area (TPSA) is 72.3 Å². The molecule has 0 spiro atoms. The van der Waals surface area contributed by atoms with Gasteiger partial charge in [0.05, 0.1) is 17.2 Å². The molecule has 0 aromatic carbocycles. The molecule has 0 bridgehead atoms. The van der Waals surface area contributed by atoms with E-state index in [-0.39, 0.29) is 23.5 Å². The number of carbonyl (C=O) groups is 1. The molecule has 1 fully saturated rings. The van der Waals surface area contributed by atoms with Gasteiger partial charge in [-0.05, 0) is 38.2 Å². The van der Waals surface area contributed by atoms with Crippen LogP contribution < -0.4 is 0 Å². The Labute approximate surface area is 145 Å². The summed E-state index contributed by atoms with van der Waals surface area (Å²) in [7, 11) is -1.25. The first-order chi connectivity index (χ1) is 11.1. The third-order valence-corrected chi connectivity index (χ3v) is 6.56. The Bertz CT molecular complexity index is 707. The van der Waals surface area contributed by atoms with Crippen LogP contribution in [0.2, 0.25) is 0 Å². The molecule has 0 aliphatic carbocycles. The van der Waals surface area contributed by atoms with E-state index in [1.807, 2.05) is 11.6 Å². The minimum Gasteiger partial charge on any atom is -0.342 e. The second-order valence-corrected chi connectivity index (χ2v) is 9.52. The summed E-state index contributed by atoms with van der Waals surface area (Å²) in [6, 6.07) is -0.173. The fourth-order valence-electron chi connectivity index (χ4n) is 3.31. The van der Waals surface area contributed by atoms with E-state index >= 15 is 0 Å². The van der Waals surface area contributed by atoms with Gasteiger partial charge in [-0.2, -0.15) is 5.10 Å². The SMILES string of the molecule is Cc1nn(CC(C)C)c(C)c1CCC(=O)N(C)C1CCS(=O)(=O)C1. The lowest BCUT2D eigenvalue weighted by atomic mass is 10.1. The smallest absolute Gasteiger partial charge is 0.222 e. The molecule has 2 heterocycles. The van der Waals surface area contributed by atoms with Crippen LogP contribution in [-0.4, -0.2) is 53.6 Å². The lowest BCUT2D eigenvalue weighted by Crippen LogP contribution is -2.37. The number of sulfone groups is 1. The van der Waals surface area contributed by atoms with Crippen molar-refractivity contribution in [2.75, 3.05) is 18.6 Å². The number of aryl methyl sites for hydroxylation is 1. The number of nitrogens with zero attached hydrogens (tertiary/aromatic N) is 3. The molecule has 1 aliphatic heterocycles. The van der Waals surface area contributed by atoms with Gasteiger partial charge in [0.1, 0.15) is 0 Å². The van der Waals surface area contributed by atoms with E-state index in [2.05, 4.69) is 25.9 Å². The first-order valence-corrected chi connectivity index (χ1v) is 10.4. The minimum atomic E-state index is -2.97. The van der Waals surface area contributed by atoms with Crippen molar-refractivity contribution in [2.45, 2.75) is 59.5 Å². The van der Waals surface area contributed by atoms with Gasteiger partial charge >= 0.3 is 0 Å². The first-order valence-electron chi connectivity index (χ1n) is 8.59. The number of rotatable bonds is 6. The summed E-state index contributed by atoms with van der Waals surface area (Å²) in [5.41, 5.74) is 3.24.